The number of aromatic nitrogens is 1. The van der Waals surface area contributed by atoms with Crippen LogP contribution < -0.4 is 5.32 Å². The molecule has 1 unspecified atom stereocenters. The quantitative estimate of drug-likeness (QED) is 0.571. The molecule has 0 spiro atoms. The number of hydrogen-bond donors (Lipinski definition) is 1. The molecule has 1 atom stereocenters. The number of nitrogens with one attached hydrogen (secondary N) is 1. The average molecular weight is 383 g/mol. The third-order valence-corrected chi connectivity index (χ3v) is 5.25. The van der Waals surface area contributed by atoms with Gasteiger partial charge in [-0.25, -0.2) is 0 Å². The summed E-state index contributed by atoms with van der Waals surface area (Å²) in [5.41, 5.74) is 2.66. The van der Waals surface area contributed by atoms with Gasteiger partial charge in [0, 0.05) is 27.4 Å². The third-order valence-electron chi connectivity index (χ3n) is 3.91. The van der Waals surface area contributed by atoms with Crippen molar-refractivity contribution in [3.8, 4) is 0 Å². The zero-order chi connectivity index (χ0) is 18.4. The molecule has 3 rings (SSSR count). The predicted octanol–water partition coefficient (Wildman–Crippen LogP) is 5.52. The van der Waals surface area contributed by atoms with E-state index in [1.165, 1.54) is 10.5 Å². The molecule has 2 aromatic carbocycles. The van der Waals surface area contributed by atoms with Gasteiger partial charge < -0.3 is 5.32 Å². The lowest BCUT2D eigenvalue weighted by Gasteiger charge is -2.13. The molecule has 132 valence electrons. The van der Waals surface area contributed by atoms with E-state index >= 15 is 0 Å². The topological polar surface area (TPSA) is 42.0 Å². The summed E-state index contributed by atoms with van der Waals surface area (Å²) in [5, 5.41) is 3.72. The van der Waals surface area contributed by atoms with Crippen molar-refractivity contribution < 1.29 is 4.79 Å². The Morgan fingerprint density at radius 1 is 1.08 bits per heavy atom. The van der Waals surface area contributed by atoms with Crippen LogP contribution in [0.3, 0.4) is 0 Å². The highest BCUT2D eigenvalue weighted by molar-refractivity contribution is 7.98. The number of amides is 1. The van der Waals surface area contributed by atoms with E-state index in [1.807, 2.05) is 73.7 Å². The molecule has 1 heterocycles. The minimum atomic E-state index is -0.135. The number of carbonyl (C=O) groups is 1. The minimum Gasteiger partial charge on any atom is -0.344 e. The molecule has 0 aliphatic heterocycles. The Bertz CT molecular complexity index is 851. The van der Waals surface area contributed by atoms with Gasteiger partial charge in [-0.15, -0.1) is 11.8 Å². The second kappa shape index (κ2) is 8.88. The molecule has 3 nitrogen and oxygen atoms in total. The van der Waals surface area contributed by atoms with E-state index in [1.54, 1.807) is 18.0 Å². The SMILES string of the molecule is CC(NC(=O)c1ccc(CSc2ccc(Cl)cc2)cc1)c1ccccn1. The zero-order valence-electron chi connectivity index (χ0n) is 14.4. The highest BCUT2D eigenvalue weighted by Crippen LogP contribution is 2.24. The van der Waals surface area contributed by atoms with E-state index in [0.29, 0.717) is 5.56 Å². The predicted molar refractivity (Wildman–Crippen MR) is 108 cm³/mol. The average Bonchev–Trinajstić information content (AvgIpc) is 2.68. The van der Waals surface area contributed by atoms with Crippen LogP contribution in [0.15, 0.2) is 77.8 Å². The first-order valence-corrected chi connectivity index (χ1v) is 9.67. The highest BCUT2D eigenvalue weighted by atomic mass is 35.5. The molecule has 0 saturated carbocycles. The molecule has 0 aliphatic rings. The number of rotatable bonds is 6. The van der Waals surface area contributed by atoms with E-state index in [-0.39, 0.29) is 11.9 Å². The summed E-state index contributed by atoms with van der Waals surface area (Å²) in [6.07, 6.45) is 1.73. The molecular formula is C21H19ClN2OS. The van der Waals surface area contributed by atoms with Crippen LogP contribution in [0, 0.1) is 0 Å². The number of hydrogen-bond acceptors (Lipinski definition) is 3. The van der Waals surface area contributed by atoms with Crippen LogP contribution in [0.1, 0.15) is 34.6 Å². The fourth-order valence-corrected chi connectivity index (χ4v) is 3.42. The Morgan fingerprint density at radius 2 is 1.81 bits per heavy atom. The van der Waals surface area contributed by atoms with Gasteiger partial charge in [-0.2, -0.15) is 0 Å². The Balaban J connectivity index is 1.56. The van der Waals surface area contributed by atoms with Crippen molar-refractivity contribution in [1.82, 2.24) is 10.3 Å². The van der Waals surface area contributed by atoms with Gasteiger partial charge in [0.2, 0.25) is 0 Å². The highest BCUT2D eigenvalue weighted by Gasteiger charge is 2.12. The standard InChI is InChI=1S/C21H19ClN2OS/c1-15(20-4-2-3-13-23-20)24-21(25)17-7-5-16(6-8-17)14-26-19-11-9-18(22)10-12-19/h2-13,15H,14H2,1H3,(H,24,25). The summed E-state index contributed by atoms with van der Waals surface area (Å²) in [5.74, 6) is 0.744. The molecule has 26 heavy (non-hydrogen) atoms. The Hall–Kier alpha value is -2.30. The molecule has 0 bridgehead atoms. The number of carbonyl (C=O) groups excluding carboxylic acids is 1. The van der Waals surface area contributed by atoms with Crippen LogP contribution in [0.4, 0.5) is 0 Å². The Morgan fingerprint density at radius 3 is 2.46 bits per heavy atom. The van der Waals surface area contributed by atoms with Crippen LogP contribution in [0.5, 0.6) is 0 Å². The molecule has 3 aromatic rings. The van der Waals surface area contributed by atoms with Crippen molar-refractivity contribution in [2.75, 3.05) is 0 Å². The molecule has 0 radical (unpaired) electrons. The molecular weight excluding hydrogens is 364 g/mol. The molecule has 1 aromatic heterocycles. The normalized spacial score (nSPS) is 11.8. The van der Waals surface area contributed by atoms with Crippen molar-refractivity contribution in [1.29, 1.82) is 0 Å². The first-order chi connectivity index (χ1) is 12.6. The van der Waals surface area contributed by atoms with Crippen LogP contribution in [-0.2, 0) is 5.75 Å². The van der Waals surface area contributed by atoms with Gasteiger partial charge in [0.25, 0.3) is 5.91 Å². The number of pyridine rings is 1. The maximum Gasteiger partial charge on any atom is 0.251 e. The first-order valence-electron chi connectivity index (χ1n) is 8.31. The second-order valence-electron chi connectivity index (χ2n) is 5.89. The lowest BCUT2D eigenvalue weighted by Crippen LogP contribution is -2.27. The van der Waals surface area contributed by atoms with Crippen molar-refractivity contribution in [2.24, 2.45) is 0 Å². The van der Waals surface area contributed by atoms with Gasteiger partial charge in [-0.1, -0.05) is 29.8 Å². The second-order valence-corrected chi connectivity index (χ2v) is 7.37. The van der Waals surface area contributed by atoms with Gasteiger partial charge in [-0.3, -0.25) is 9.78 Å². The maximum absolute atomic E-state index is 12.4. The molecule has 0 fully saturated rings. The Kier molecular flexibility index (Phi) is 6.31. The number of thioether (sulfide) groups is 1. The van der Waals surface area contributed by atoms with Gasteiger partial charge in [0.05, 0.1) is 11.7 Å². The van der Waals surface area contributed by atoms with E-state index < -0.39 is 0 Å². The summed E-state index contributed by atoms with van der Waals surface area (Å²) in [6, 6.07) is 21.0. The largest absolute Gasteiger partial charge is 0.344 e. The van der Waals surface area contributed by atoms with Crippen molar-refractivity contribution in [3.63, 3.8) is 0 Å². The molecule has 0 aliphatic carbocycles. The number of nitrogens with zero attached hydrogens (tertiary/aromatic N) is 1. The monoisotopic (exact) mass is 382 g/mol. The molecule has 5 heteroatoms. The van der Waals surface area contributed by atoms with E-state index in [2.05, 4.69) is 10.3 Å². The summed E-state index contributed by atoms with van der Waals surface area (Å²) >= 11 is 7.64. The maximum atomic E-state index is 12.4. The van der Waals surface area contributed by atoms with Crippen LogP contribution in [0.2, 0.25) is 5.02 Å². The van der Waals surface area contributed by atoms with Crippen LogP contribution in [-0.4, -0.2) is 10.9 Å². The molecule has 0 saturated heterocycles. The fourth-order valence-electron chi connectivity index (χ4n) is 2.44. The first kappa shape index (κ1) is 18.5. The van der Waals surface area contributed by atoms with E-state index in [4.69, 9.17) is 11.6 Å². The molecule has 1 amide bonds. The van der Waals surface area contributed by atoms with Gasteiger partial charge in [0.1, 0.15) is 0 Å². The van der Waals surface area contributed by atoms with Gasteiger partial charge in [-0.05, 0) is 61.0 Å². The van der Waals surface area contributed by atoms with Gasteiger partial charge >= 0.3 is 0 Å². The summed E-state index contributed by atoms with van der Waals surface area (Å²) < 4.78 is 0. The summed E-state index contributed by atoms with van der Waals surface area (Å²) in [4.78, 5) is 17.8. The lowest BCUT2D eigenvalue weighted by molar-refractivity contribution is 0.0939. The summed E-state index contributed by atoms with van der Waals surface area (Å²) in [6.45, 7) is 1.93. The van der Waals surface area contributed by atoms with Crippen molar-refractivity contribution in [3.05, 3.63) is 94.8 Å². The van der Waals surface area contributed by atoms with Crippen LogP contribution in [0.25, 0.3) is 0 Å². The smallest absolute Gasteiger partial charge is 0.251 e. The number of benzene rings is 2. The van der Waals surface area contributed by atoms with Crippen molar-refractivity contribution >= 4 is 29.3 Å². The van der Waals surface area contributed by atoms with E-state index in [0.717, 1.165) is 16.5 Å². The minimum absolute atomic E-state index is 0.0972. The Labute approximate surface area is 162 Å². The van der Waals surface area contributed by atoms with Gasteiger partial charge in [0.15, 0.2) is 0 Å². The van der Waals surface area contributed by atoms with E-state index in [9.17, 15) is 4.79 Å². The third kappa shape index (κ3) is 5.10. The lowest BCUT2D eigenvalue weighted by atomic mass is 10.1. The zero-order valence-corrected chi connectivity index (χ0v) is 15.9. The summed E-state index contributed by atoms with van der Waals surface area (Å²) in [7, 11) is 0. The van der Waals surface area contributed by atoms with Crippen molar-refractivity contribution in [2.45, 2.75) is 23.6 Å². The molecule has 1 N–H and O–H groups in total. The fraction of sp³-hybridized carbons (Fsp3) is 0.143. The van der Waals surface area contributed by atoms with Crippen LogP contribution >= 0.6 is 23.4 Å². The number of halogens is 1.